The lowest BCUT2D eigenvalue weighted by atomic mass is 10.00. The number of carboxylic acids is 1. The van der Waals surface area contributed by atoms with E-state index in [1.807, 2.05) is 6.07 Å². The first-order chi connectivity index (χ1) is 8.06. The van der Waals surface area contributed by atoms with Crippen molar-refractivity contribution >= 4 is 17.6 Å². The predicted molar refractivity (Wildman–Crippen MR) is 64.6 cm³/mol. The molecule has 1 aliphatic carbocycles. The van der Waals surface area contributed by atoms with Crippen molar-refractivity contribution in [2.24, 2.45) is 5.73 Å². The lowest BCUT2D eigenvalue weighted by Crippen LogP contribution is -2.21. The third-order valence-electron chi connectivity index (χ3n) is 3.12. The lowest BCUT2D eigenvalue weighted by molar-refractivity contribution is -0.138. The van der Waals surface area contributed by atoms with Gasteiger partial charge in [0, 0.05) is 5.56 Å². The molecule has 17 heavy (non-hydrogen) atoms. The fraction of sp³-hybridized carbons (Fsp3) is 0.417. The summed E-state index contributed by atoms with van der Waals surface area (Å²) in [5.41, 5.74) is 8.23. The maximum absolute atomic E-state index is 11.0. The second-order valence-electron chi connectivity index (χ2n) is 4.12. The van der Waals surface area contributed by atoms with Crippen LogP contribution in [-0.2, 0) is 17.6 Å². The van der Waals surface area contributed by atoms with Crippen LogP contribution in [0.3, 0.4) is 0 Å². The highest BCUT2D eigenvalue weighted by molar-refractivity contribution is 6.33. The topological polar surface area (TPSA) is 72.5 Å². The Morgan fingerprint density at radius 2 is 2.29 bits per heavy atom. The number of rotatable bonds is 3. The summed E-state index contributed by atoms with van der Waals surface area (Å²) < 4.78 is 5.20. The summed E-state index contributed by atoms with van der Waals surface area (Å²) in [7, 11) is 1.47. The van der Waals surface area contributed by atoms with Crippen LogP contribution >= 0.6 is 11.6 Å². The van der Waals surface area contributed by atoms with E-state index < -0.39 is 12.0 Å². The van der Waals surface area contributed by atoms with E-state index in [1.165, 1.54) is 7.11 Å². The van der Waals surface area contributed by atoms with Crippen molar-refractivity contribution in [3.8, 4) is 5.75 Å². The number of carbonyl (C=O) groups is 1. The fourth-order valence-corrected chi connectivity index (χ4v) is 2.67. The van der Waals surface area contributed by atoms with Gasteiger partial charge in [0.15, 0.2) is 0 Å². The molecule has 3 N–H and O–H groups in total. The Bertz CT molecular complexity index is 473. The number of carboxylic acid groups (broad SMARTS) is 1. The summed E-state index contributed by atoms with van der Waals surface area (Å²) >= 11 is 6.23. The van der Waals surface area contributed by atoms with E-state index in [-0.39, 0.29) is 0 Å². The molecule has 0 aromatic heterocycles. The van der Waals surface area contributed by atoms with Crippen molar-refractivity contribution in [2.75, 3.05) is 7.11 Å². The molecule has 1 atom stereocenters. The number of hydrogen-bond acceptors (Lipinski definition) is 3. The Labute approximate surface area is 104 Å². The Balaban J connectivity index is 2.59. The van der Waals surface area contributed by atoms with Crippen LogP contribution in [0, 0.1) is 0 Å². The quantitative estimate of drug-likeness (QED) is 0.866. The summed E-state index contributed by atoms with van der Waals surface area (Å²) in [6, 6.07) is 0.708. The minimum atomic E-state index is -1.10. The lowest BCUT2D eigenvalue weighted by Gasteiger charge is -2.16. The second-order valence-corrected chi connectivity index (χ2v) is 4.50. The number of methoxy groups -OCH3 is 1. The van der Waals surface area contributed by atoms with Crippen LogP contribution in [0.2, 0.25) is 5.02 Å². The minimum absolute atomic E-state index is 0.391. The van der Waals surface area contributed by atoms with Crippen molar-refractivity contribution in [1.29, 1.82) is 0 Å². The molecule has 0 spiro atoms. The van der Waals surface area contributed by atoms with Crippen LogP contribution in [-0.4, -0.2) is 18.2 Å². The number of aryl methyl sites for hydroxylation is 1. The zero-order valence-electron chi connectivity index (χ0n) is 9.50. The second kappa shape index (κ2) is 4.55. The molecule has 1 aromatic rings. The van der Waals surface area contributed by atoms with E-state index >= 15 is 0 Å². The molecule has 5 heteroatoms. The molecule has 1 unspecified atom stereocenters. The molecule has 0 amide bonds. The van der Waals surface area contributed by atoms with Gasteiger partial charge in [-0.15, -0.1) is 0 Å². The van der Waals surface area contributed by atoms with Gasteiger partial charge in [0.25, 0.3) is 0 Å². The molecular formula is C12H14ClNO3. The van der Waals surface area contributed by atoms with Gasteiger partial charge in [-0.25, -0.2) is 0 Å². The van der Waals surface area contributed by atoms with Gasteiger partial charge in [0.1, 0.15) is 11.8 Å². The smallest absolute Gasteiger partial charge is 0.325 e. The highest BCUT2D eigenvalue weighted by Crippen LogP contribution is 2.40. The van der Waals surface area contributed by atoms with E-state index in [9.17, 15) is 4.79 Å². The van der Waals surface area contributed by atoms with Gasteiger partial charge in [-0.1, -0.05) is 11.6 Å². The van der Waals surface area contributed by atoms with Crippen LogP contribution in [0.5, 0.6) is 5.75 Å². The molecule has 2 rings (SSSR count). The molecule has 0 saturated carbocycles. The summed E-state index contributed by atoms with van der Waals surface area (Å²) in [6.07, 6.45) is 2.86. The van der Waals surface area contributed by atoms with Gasteiger partial charge in [-0.2, -0.15) is 0 Å². The molecule has 4 nitrogen and oxygen atoms in total. The van der Waals surface area contributed by atoms with E-state index in [0.717, 1.165) is 30.4 Å². The summed E-state index contributed by atoms with van der Waals surface area (Å²) in [4.78, 5) is 11.0. The number of aliphatic carboxylic acids is 1. The maximum atomic E-state index is 11.0. The van der Waals surface area contributed by atoms with Gasteiger partial charge < -0.3 is 15.6 Å². The molecule has 0 fully saturated rings. The molecule has 0 aliphatic heterocycles. The minimum Gasteiger partial charge on any atom is -0.495 e. The summed E-state index contributed by atoms with van der Waals surface area (Å²) in [5, 5.41) is 9.48. The normalized spacial score (nSPS) is 15.5. The summed E-state index contributed by atoms with van der Waals surface area (Å²) in [5.74, 6) is -0.695. The Morgan fingerprint density at radius 1 is 1.59 bits per heavy atom. The molecule has 0 saturated heterocycles. The van der Waals surface area contributed by atoms with E-state index in [0.29, 0.717) is 16.3 Å². The zero-order chi connectivity index (χ0) is 12.6. The van der Waals surface area contributed by atoms with E-state index in [4.69, 9.17) is 27.2 Å². The first-order valence-corrected chi connectivity index (χ1v) is 5.80. The van der Waals surface area contributed by atoms with Crippen LogP contribution < -0.4 is 10.5 Å². The molecular weight excluding hydrogens is 242 g/mol. The molecule has 92 valence electrons. The maximum Gasteiger partial charge on any atom is 0.325 e. The third-order valence-corrected chi connectivity index (χ3v) is 3.52. The van der Waals surface area contributed by atoms with Crippen molar-refractivity contribution in [3.05, 3.63) is 27.8 Å². The van der Waals surface area contributed by atoms with Crippen molar-refractivity contribution in [3.63, 3.8) is 0 Å². The van der Waals surface area contributed by atoms with Crippen LogP contribution in [0.1, 0.15) is 29.2 Å². The van der Waals surface area contributed by atoms with Crippen molar-refractivity contribution < 1.29 is 14.6 Å². The van der Waals surface area contributed by atoms with E-state index in [2.05, 4.69) is 0 Å². The highest BCUT2D eigenvalue weighted by atomic mass is 35.5. The Hall–Kier alpha value is -1.26. The van der Waals surface area contributed by atoms with Gasteiger partial charge in [-0.05, 0) is 36.5 Å². The average Bonchev–Trinajstić information content (AvgIpc) is 2.76. The number of nitrogens with two attached hydrogens (primary N) is 1. The molecule has 1 aliphatic rings. The fourth-order valence-electron chi connectivity index (χ4n) is 2.27. The summed E-state index contributed by atoms with van der Waals surface area (Å²) in [6.45, 7) is 0. The van der Waals surface area contributed by atoms with Gasteiger partial charge >= 0.3 is 5.97 Å². The Morgan fingerprint density at radius 3 is 2.88 bits per heavy atom. The third kappa shape index (κ3) is 1.98. The first-order valence-electron chi connectivity index (χ1n) is 5.42. The van der Waals surface area contributed by atoms with Gasteiger partial charge in [0.2, 0.25) is 0 Å². The largest absolute Gasteiger partial charge is 0.495 e. The highest BCUT2D eigenvalue weighted by Gasteiger charge is 2.26. The monoisotopic (exact) mass is 255 g/mol. The standard InChI is InChI=1S/C12H14ClNO3/c1-17-11-8(10(14)12(15)16)5-6-3-2-4-7(6)9(11)13/h5,10H,2-4,14H2,1H3,(H,15,16). The zero-order valence-corrected chi connectivity index (χ0v) is 10.3. The SMILES string of the molecule is COc1c(C(N)C(=O)O)cc2c(c1Cl)CCC2. The molecule has 0 radical (unpaired) electrons. The average molecular weight is 256 g/mol. The van der Waals surface area contributed by atoms with Crippen molar-refractivity contribution in [1.82, 2.24) is 0 Å². The molecule has 0 heterocycles. The number of benzene rings is 1. The molecule has 0 bridgehead atoms. The van der Waals surface area contributed by atoms with Gasteiger partial charge in [-0.3, -0.25) is 4.79 Å². The number of ether oxygens (including phenoxy) is 1. The van der Waals surface area contributed by atoms with Crippen LogP contribution in [0.15, 0.2) is 6.07 Å². The molecule has 1 aromatic carbocycles. The van der Waals surface area contributed by atoms with Gasteiger partial charge in [0.05, 0.1) is 12.1 Å². The van der Waals surface area contributed by atoms with Crippen LogP contribution in [0.4, 0.5) is 0 Å². The van der Waals surface area contributed by atoms with E-state index in [1.54, 1.807) is 0 Å². The number of hydrogen-bond donors (Lipinski definition) is 2. The first kappa shape index (κ1) is 12.2. The predicted octanol–water partition coefficient (Wildman–Crippen LogP) is 1.92. The number of fused-ring (bicyclic) bond motifs is 1. The number of halogens is 1. The van der Waals surface area contributed by atoms with Crippen molar-refractivity contribution in [2.45, 2.75) is 25.3 Å². The van der Waals surface area contributed by atoms with Crippen LogP contribution in [0.25, 0.3) is 0 Å². The Kier molecular flexibility index (Phi) is 3.26.